The summed E-state index contributed by atoms with van der Waals surface area (Å²) in [6.45, 7) is 1.42. The largest absolute Gasteiger partial charge is 0.326 e. The third-order valence-electron chi connectivity index (χ3n) is 4.33. The number of anilines is 1. The number of aromatic nitrogens is 3. The first-order chi connectivity index (χ1) is 11.9. The van der Waals surface area contributed by atoms with Crippen molar-refractivity contribution in [3.05, 3.63) is 42.5 Å². The lowest BCUT2D eigenvalue weighted by Gasteiger charge is -2.29. The molecule has 2 heterocycles. The van der Waals surface area contributed by atoms with Crippen LogP contribution in [0.1, 0.15) is 18.4 Å². The molecule has 1 fully saturated rings. The summed E-state index contributed by atoms with van der Waals surface area (Å²) >= 11 is 0. The number of sulfonamides is 1. The molecule has 1 aliphatic heterocycles. The average Bonchev–Trinajstić information content (AvgIpc) is 3.09. The second kappa shape index (κ2) is 7.32. The van der Waals surface area contributed by atoms with Gasteiger partial charge in [-0.15, -0.1) is 0 Å². The molecule has 0 atom stereocenters. The van der Waals surface area contributed by atoms with Crippen LogP contribution in [0.15, 0.2) is 36.9 Å². The molecule has 3 rings (SSSR count). The van der Waals surface area contributed by atoms with Gasteiger partial charge >= 0.3 is 0 Å². The van der Waals surface area contributed by atoms with Crippen molar-refractivity contribution >= 4 is 21.6 Å². The lowest BCUT2D eigenvalue weighted by molar-refractivity contribution is -0.120. The summed E-state index contributed by atoms with van der Waals surface area (Å²) in [5.74, 6) is -0.218. The topological polar surface area (TPSA) is 97.2 Å². The standard InChI is InChI=1S/C16H21N5O3S/c1-25(23,24)21-8-6-14(7-9-21)16(22)19-15-4-2-13(3-5-15)10-20-12-17-11-18-20/h2-5,11-12,14H,6-10H2,1H3,(H,19,22). The Labute approximate surface area is 146 Å². The van der Waals surface area contributed by atoms with Crippen LogP contribution in [0.2, 0.25) is 0 Å². The highest BCUT2D eigenvalue weighted by atomic mass is 32.2. The maximum absolute atomic E-state index is 12.4. The Morgan fingerprint density at radius 2 is 1.92 bits per heavy atom. The van der Waals surface area contributed by atoms with Gasteiger partial charge in [-0.05, 0) is 30.5 Å². The third-order valence-corrected chi connectivity index (χ3v) is 5.63. The quantitative estimate of drug-likeness (QED) is 0.852. The van der Waals surface area contributed by atoms with Crippen LogP contribution in [0.4, 0.5) is 5.69 Å². The summed E-state index contributed by atoms with van der Waals surface area (Å²) < 4.78 is 26.2. The van der Waals surface area contributed by atoms with Crippen LogP contribution in [0.25, 0.3) is 0 Å². The van der Waals surface area contributed by atoms with E-state index >= 15 is 0 Å². The maximum atomic E-state index is 12.4. The number of carbonyl (C=O) groups excluding carboxylic acids is 1. The van der Waals surface area contributed by atoms with Gasteiger partial charge in [0.05, 0.1) is 12.8 Å². The SMILES string of the molecule is CS(=O)(=O)N1CCC(C(=O)Nc2ccc(Cn3cncn3)cc2)CC1. The lowest BCUT2D eigenvalue weighted by atomic mass is 9.97. The number of rotatable bonds is 5. The number of benzene rings is 1. The van der Waals surface area contributed by atoms with E-state index in [-0.39, 0.29) is 11.8 Å². The van der Waals surface area contributed by atoms with E-state index < -0.39 is 10.0 Å². The van der Waals surface area contributed by atoms with Crippen molar-refractivity contribution < 1.29 is 13.2 Å². The van der Waals surface area contributed by atoms with Crippen LogP contribution in [0.5, 0.6) is 0 Å². The van der Waals surface area contributed by atoms with Crippen molar-refractivity contribution in [3.8, 4) is 0 Å². The Morgan fingerprint density at radius 3 is 2.48 bits per heavy atom. The predicted octanol–water partition coefficient (Wildman–Crippen LogP) is 0.936. The van der Waals surface area contributed by atoms with Gasteiger partial charge in [-0.1, -0.05) is 12.1 Å². The first-order valence-corrected chi connectivity index (χ1v) is 9.94. The molecule has 0 bridgehead atoms. The van der Waals surface area contributed by atoms with Crippen molar-refractivity contribution in [2.75, 3.05) is 24.7 Å². The van der Waals surface area contributed by atoms with Crippen molar-refractivity contribution in [1.29, 1.82) is 0 Å². The molecule has 0 radical (unpaired) electrons. The highest BCUT2D eigenvalue weighted by Gasteiger charge is 2.28. The minimum atomic E-state index is -3.17. The number of amides is 1. The van der Waals surface area contributed by atoms with Gasteiger partial charge in [-0.25, -0.2) is 22.4 Å². The molecule has 2 aromatic rings. The average molecular weight is 363 g/mol. The molecule has 0 aliphatic carbocycles. The molecule has 1 amide bonds. The Kier molecular flexibility index (Phi) is 5.14. The fourth-order valence-corrected chi connectivity index (χ4v) is 3.76. The fraction of sp³-hybridized carbons (Fsp3) is 0.438. The Morgan fingerprint density at radius 1 is 1.24 bits per heavy atom. The van der Waals surface area contributed by atoms with E-state index in [2.05, 4.69) is 15.4 Å². The Bertz CT molecular complexity index is 810. The first-order valence-electron chi connectivity index (χ1n) is 8.09. The smallest absolute Gasteiger partial charge is 0.227 e. The summed E-state index contributed by atoms with van der Waals surface area (Å²) in [5, 5.41) is 6.97. The second-order valence-corrected chi connectivity index (χ2v) is 8.20. The zero-order valence-electron chi connectivity index (χ0n) is 14.0. The number of nitrogens with zero attached hydrogens (tertiary/aromatic N) is 4. The number of carbonyl (C=O) groups is 1. The number of piperidine rings is 1. The van der Waals surface area contributed by atoms with Crippen molar-refractivity contribution in [3.63, 3.8) is 0 Å². The van der Waals surface area contributed by atoms with Gasteiger partial charge in [0.2, 0.25) is 15.9 Å². The monoisotopic (exact) mass is 363 g/mol. The van der Waals surface area contributed by atoms with E-state index in [1.807, 2.05) is 24.3 Å². The molecule has 25 heavy (non-hydrogen) atoms. The molecular weight excluding hydrogens is 342 g/mol. The number of hydrogen-bond donors (Lipinski definition) is 1. The van der Waals surface area contributed by atoms with Crippen LogP contribution in [-0.2, 0) is 21.4 Å². The minimum Gasteiger partial charge on any atom is -0.326 e. The summed E-state index contributed by atoms with van der Waals surface area (Å²) in [7, 11) is -3.17. The van der Waals surface area contributed by atoms with Gasteiger partial charge < -0.3 is 5.32 Å². The van der Waals surface area contributed by atoms with E-state index in [9.17, 15) is 13.2 Å². The van der Waals surface area contributed by atoms with Crippen LogP contribution in [0.3, 0.4) is 0 Å². The van der Waals surface area contributed by atoms with E-state index in [0.29, 0.717) is 32.5 Å². The Balaban J connectivity index is 1.53. The fourth-order valence-electron chi connectivity index (χ4n) is 2.89. The lowest BCUT2D eigenvalue weighted by Crippen LogP contribution is -2.40. The summed E-state index contributed by atoms with van der Waals surface area (Å²) in [5.41, 5.74) is 1.79. The van der Waals surface area contributed by atoms with Crippen LogP contribution in [0, 0.1) is 5.92 Å². The van der Waals surface area contributed by atoms with Gasteiger partial charge in [0.15, 0.2) is 0 Å². The van der Waals surface area contributed by atoms with Crippen LogP contribution >= 0.6 is 0 Å². The second-order valence-electron chi connectivity index (χ2n) is 6.22. The molecule has 0 spiro atoms. The zero-order chi connectivity index (χ0) is 17.9. The Hall–Kier alpha value is -2.26. The summed E-state index contributed by atoms with van der Waals surface area (Å²) in [4.78, 5) is 16.3. The molecular formula is C16H21N5O3S. The van der Waals surface area contributed by atoms with Crippen molar-refractivity contribution in [1.82, 2.24) is 19.1 Å². The highest BCUT2D eigenvalue weighted by Crippen LogP contribution is 2.21. The van der Waals surface area contributed by atoms with E-state index in [1.54, 1.807) is 11.0 Å². The minimum absolute atomic E-state index is 0.0582. The molecule has 1 aromatic heterocycles. The normalized spacial score (nSPS) is 16.7. The first kappa shape index (κ1) is 17.6. The number of nitrogens with one attached hydrogen (secondary N) is 1. The highest BCUT2D eigenvalue weighted by molar-refractivity contribution is 7.88. The van der Waals surface area contributed by atoms with E-state index in [0.717, 1.165) is 11.3 Å². The molecule has 1 saturated heterocycles. The molecule has 8 nitrogen and oxygen atoms in total. The van der Waals surface area contributed by atoms with Gasteiger partial charge in [-0.3, -0.25) is 4.79 Å². The summed E-state index contributed by atoms with van der Waals surface area (Å²) in [6, 6.07) is 7.58. The molecule has 1 aliphatic rings. The molecule has 1 aromatic carbocycles. The van der Waals surface area contributed by atoms with Crippen molar-refractivity contribution in [2.45, 2.75) is 19.4 Å². The van der Waals surface area contributed by atoms with Gasteiger partial charge in [0, 0.05) is 24.7 Å². The van der Waals surface area contributed by atoms with E-state index in [4.69, 9.17) is 0 Å². The molecule has 0 saturated carbocycles. The van der Waals surface area contributed by atoms with Crippen LogP contribution < -0.4 is 5.32 Å². The van der Waals surface area contributed by atoms with Crippen LogP contribution in [-0.4, -0.2) is 52.7 Å². The van der Waals surface area contributed by atoms with Gasteiger partial charge in [0.25, 0.3) is 0 Å². The van der Waals surface area contributed by atoms with Crippen molar-refractivity contribution in [2.24, 2.45) is 5.92 Å². The number of hydrogen-bond acceptors (Lipinski definition) is 5. The maximum Gasteiger partial charge on any atom is 0.227 e. The van der Waals surface area contributed by atoms with E-state index in [1.165, 1.54) is 16.9 Å². The zero-order valence-corrected chi connectivity index (χ0v) is 14.8. The molecule has 134 valence electrons. The molecule has 1 N–H and O–H groups in total. The summed E-state index contributed by atoms with van der Waals surface area (Å²) in [6.07, 6.45) is 5.43. The predicted molar refractivity (Wildman–Crippen MR) is 93.3 cm³/mol. The van der Waals surface area contributed by atoms with Gasteiger partial charge in [0.1, 0.15) is 12.7 Å². The molecule has 0 unspecified atom stereocenters. The van der Waals surface area contributed by atoms with Gasteiger partial charge in [-0.2, -0.15) is 5.10 Å². The molecule has 9 heteroatoms. The third kappa shape index (κ3) is 4.64.